The second kappa shape index (κ2) is 21.1. The minimum absolute atomic E-state index is 0.00164. The predicted molar refractivity (Wildman–Crippen MR) is 190 cm³/mol. The van der Waals surface area contributed by atoms with Crippen LogP contribution in [0.25, 0.3) is 0 Å². The normalized spacial score (nSPS) is 16.1. The van der Waals surface area contributed by atoms with E-state index in [2.05, 4.69) is 31.9 Å². The summed E-state index contributed by atoms with van der Waals surface area (Å²) in [5, 5.41) is 43.6. The molecule has 0 spiro atoms. The van der Waals surface area contributed by atoms with Crippen molar-refractivity contribution in [2.75, 3.05) is 19.6 Å². The van der Waals surface area contributed by atoms with Gasteiger partial charge in [-0.15, -0.1) is 0 Å². The Morgan fingerprint density at radius 3 is 1.96 bits per heavy atom. The summed E-state index contributed by atoms with van der Waals surface area (Å²) in [7, 11) is 0. The van der Waals surface area contributed by atoms with Crippen molar-refractivity contribution in [1.82, 2.24) is 31.9 Å². The molecule has 16 nitrogen and oxygen atoms in total. The molecular formula is C35H51N9O7. The number of nitrogens with one attached hydrogen (secondary N) is 7. The number of guanidine groups is 1. The number of carboxylic acid groups (broad SMARTS) is 1. The number of carboxylic acids is 1. The number of carbonyl (C=O) groups excluding carboxylic acids is 4. The minimum Gasteiger partial charge on any atom is -0.508 e. The summed E-state index contributed by atoms with van der Waals surface area (Å²) in [5.41, 5.74) is 12.3. The summed E-state index contributed by atoms with van der Waals surface area (Å²) in [6.45, 7) is 1.29. The molecule has 51 heavy (non-hydrogen) atoms. The molecule has 13 N–H and O–H groups in total. The third-order valence-corrected chi connectivity index (χ3v) is 8.48. The highest BCUT2D eigenvalue weighted by Gasteiger charge is 2.32. The highest BCUT2D eigenvalue weighted by molar-refractivity contribution is 5.95. The van der Waals surface area contributed by atoms with Crippen LogP contribution in [0, 0.1) is 5.41 Å². The van der Waals surface area contributed by atoms with Crippen molar-refractivity contribution < 1.29 is 34.2 Å². The summed E-state index contributed by atoms with van der Waals surface area (Å²) in [6.07, 6.45) is 3.20. The highest BCUT2D eigenvalue weighted by atomic mass is 16.4. The molecule has 0 unspecified atom stereocenters. The van der Waals surface area contributed by atoms with Crippen molar-refractivity contribution >= 4 is 35.6 Å². The SMILES string of the molecule is N=C(N)NCCC[C@@H](NC(=O)[C@@H](Cc1ccc(O)cc1)NC(=O)[C@@H](CCCCN)NC(=O)[C@H]1CCCN1)C(=O)N[C@@H](Cc1ccccc1)C(=O)O. The van der Waals surface area contributed by atoms with Crippen molar-refractivity contribution in [3.8, 4) is 5.75 Å². The van der Waals surface area contributed by atoms with Crippen LogP contribution in [0.3, 0.4) is 0 Å². The molecule has 278 valence electrons. The van der Waals surface area contributed by atoms with Gasteiger partial charge in [0.25, 0.3) is 0 Å². The number of nitrogens with two attached hydrogens (primary N) is 2. The lowest BCUT2D eigenvalue weighted by Gasteiger charge is -2.27. The Kier molecular flexibility index (Phi) is 16.6. The lowest BCUT2D eigenvalue weighted by atomic mass is 10.0. The summed E-state index contributed by atoms with van der Waals surface area (Å²) >= 11 is 0. The monoisotopic (exact) mass is 709 g/mol. The molecule has 1 aliphatic rings. The number of benzene rings is 2. The van der Waals surface area contributed by atoms with Crippen LogP contribution in [0.5, 0.6) is 5.75 Å². The van der Waals surface area contributed by atoms with Crippen LogP contribution in [0.4, 0.5) is 0 Å². The molecule has 16 heteroatoms. The number of phenolic OH excluding ortho intramolecular Hbond substituents is 1. The standard InChI is InChI=1S/C35H51N9O7/c36-17-5-4-10-26(41-30(46)25-11-6-18-39-25)31(47)43-28(20-23-13-15-24(45)16-14-23)33(49)42-27(12-7-19-40-35(37)38)32(48)44-29(34(50)51)21-22-8-2-1-3-9-22/h1-3,8-9,13-16,25-29,39,45H,4-7,10-12,17-21,36H2,(H,41,46)(H,42,49)(H,43,47)(H,44,48)(H,50,51)(H4,37,38,40)/t25-,26-,27-,28-,29+/m1/s1. The first-order valence-electron chi connectivity index (χ1n) is 17.2. The fourth-order valence-electron chi connectivity index (χ4n) is 5.68. The molecule has 0 saturated carbocycles. The number of hydrogen-bond acceptors (Lipinski definition) is 9. The summed E-state index contributed by atoms with van der Waals surface area (Å²) in [6, 6.07) is 9.68. The van der Waals surface area contributed by atoms with Gasteiger partial charge in [0, 0.05) is 19.4 Å². The smallest absolute Gasteiger partial charge is 0.326 e. The van der Waals surface area contributed by atoms with E-state index in [0.717, 1.165) is 6.42 Å². The van der Waals surface area contributed by atoms with Gasteiger partial charge in [0.05, 0.1) is 6.04 Å². The number of hydrogen-bond donors (Lipinski definition) is 11. The van der Waals surface area contributed by atoms with E-state index in [9.17, 15) is 34.2 Å². The van der Waals surface area contributed by atoms with E-state index in [1.54, 1.807) is 42.5 Å². The van der Waals surface area contributed by atoms with Crippen LogP contribution >= 0.6 is 0 Å². The minimum atomic E-state index is -1.30. The Bertz CT molecular complexity index is 1450. The molecular weight excluding hydrogens is 658 g/mol. The van der Waals surface area contributed by atoms with Crippen molar-refractivity contribution in [3.05, 3.63) is 65.7 Å². The third kappa shape index (κ3) is 14.3. The van der Waals surface area contributed by atoms with Gasteiger partial charge < -0.3 is 53.6 Å². The molecule has 3 rings (SSSR count). The van der Waals surface area contributed by atoms with Crippen molar-refractivity contribution in [2.24, 2.45) is 11.5 Å². The van der Waals surface area contributed by atoms with Gasteiger partial charge in [0.1, 0.15) is 29.9 Å². The molecule has 1 saturated heterocycles. The molecule has 1 aliphatic heterocycles. The van der Waals surface area contributed by atoms with Gasteiger partial charge in [-0.05, 0) is 81.3 Å². The Morgan fingerprint density at radius 2 is 1.35 bits per heavy atom. The van der Waals surface area contributed by atoms with Gasteiger partial charge >= 0.3 is 5.97 Å². The Labute approximate surface area is 297 Å². The van der Waals surface area contributed by atoms with Crippen molar-refractivity contribution in [3.63, 3.8) is 0 Å². The number of rotatable bonds is 21. The Morgan fingerprint density at radius 1 is 0.784 bits per heavy atom. The molecule has 5 atom stereocenters. The van der Waals surface area contributed by atoms with E-state index in [0.29, 0.717) is 43.5 Å². The molecule has 0 aliphatic carbocycles. The van der Waals surface area contributed by atoms with E-state index in [1.807, 2.05) is 0 Å². The average Bonchev–Trinajstić information content (AvgIpc) is 3.65. The van der Waals surface area contributed by atoms with E-state index in [-0.39, 0.29) is 56.3 Å². The van der Waals surface area contributed by atoms with Gasteiger partial charge in [0.2, 0.25) is 23.6 Å². The second-order valence-corrected chi connectivity index (χ2v) is 12.6. The summed E-state index contributed by atoms with van der Waals surface area (Å²) < 4.78 is 0. The van der Waals surface area contributed by atoms with E-state index >= 15 is 0 Å². The number of carbonyl (C=O) groups is 5. The van der Waals surface area contributed by atoms with Gasteiger partial charge in [0.15, 0.2) is 5.96 Å². The van der Waals surface area contributed by atoms with Crippen molar-refractivity contribution in [2.45, 2.75) is 88.0 Å². The fourth-order valence-corrected chi connectivity index (χ4v) is 5.68. The first-order valence-corrected chi connectivity index (χ1v) is 17.2. The highest BCUT2D eigenvalue weighted by Crippen LogP contribution is 2.14. The third-order valence-electron chi connectivity index (χ3n) is 8.48. The maximum absolute atomic E-state index is 14.0. The number of unbranched alkanes of at least 4 members (excludes halogenated alkanes) is 1. The molecule has 1 fully saturated rings. The first-order chi connectivity index (χ1) is 24.5. The molecule has 1 heterocycles. The predicted octanol–water partition coefficient (Wildman–Crippen LogP) is -0.655. The van der Waals surface area contributed by atoms with Gasteiger partial charge in [-0.1, -0.05) is 42.5 Å². The van der Waals surface area contributed by atoms with E-state index in [4.69, 9.17) is 16.9 Å². The van der Waals surface area contributed by atoms with Gasteiger partial charge in [-0.2, -0.15) is 0 Å². The molecule has 0 radical (unpaired) electrons. The summed E-state index contributed by atoms with van der Waals surface area (Å²) in [4.78, 5) is 66.4. The molecule has 2 aromatic rings. The molecule has 0 aromatic heterocycles. The zero-order chi connectivity index (χ0) is 37.2. The van der Waals surface area contributed by atoms with Crippen LogP contribution in [0.2, 0.25) is 0 Å². The Balaban J connectivity index is 1.84. The first kappa shape index (κ1) is 40.2. The molecule has 0 bridgehead atoms. The second-order valence-electron chi connectivity index (χ2n) is 12.6. The van der Waals surface area contributed by atoms with Crippen LogP contribution in [0.15, 0.2) is 54.6 Å². The average molecular weight is 710 g/mol. The number of aromatic hydroxyl groups is 1. The van der Waals surface area contributed by atoms with E-state index in [1.165, 1.54) is 12.1 Å². The van der Waals surface area contributed by atoms with E-state index < -0.39 is 53.9 Å². The number of aliphatic carboxylic acids is 1. The topological polar surface area (TPSA) is 274 Å². The lowest BCUT2D eigenvalue weighted by Crippen LogP contribution is -2.59. The van der Waals surface area contributed by atoms with Gasteiger partial charge in [-0.3, -0.25) is 24.6 Å². The van der Waals surface area contributed by atoms with Crippen LogP contribution in [-0.4, -0.2) is 95.6 Å². The lowest BCUT2D eigenvalue weighted by molar-refractivity contribution is -0.142. The van der Waals surface area contributed by atoms with Crippen LogP contribution in [0.1, 0.15) is 56.1 Å². The largest absolute Gasteiger partial charge is 0.508 e. The zero-order valence-corrected chi connectivity index (χ0v) is 28.7. The quantitative estimate of drug-likeness (QED) is 0.0440. The number of amides is 4. The van der Waals surface area contributed by atoms with Gasteiger partial charge in [-0.25, -0.2) is 4.79 Å². The Hall–Kier alpha value is -5.22. The maximum Gasteiger partial charge on any atom is 0.326 e. The van der Waals surface area contributed by atoms with Crippen LogP contribution in [-0.2, 0) is 36.8 Å². The molecule has 2 aromatic carbocycles. The molecule has 4 amide bonds. The maximum atomic E-state index is 14.0. The fraction of sp³-hybridized carbons (Fsp3) is 0.486. The van der Waals surface area contributed by atoms with Crippen molar-refractivity contribution in [1.29, 1.82) is 5.41 Å². The van der Waals surface area contributed by atoms with Crippen LogP contribution < -0.4 is 43.4 Å². The summed E-state index contributed by atoms with van der Waals surface area (Å²) in [5.74, 6) is -3.93. The number of phenols is 1. The zero-order valence-electron chi connectivity index (χ0n) is 28.7.